The third kappa shape index (κ3) is 2.56. The lowest BCUT2D eigenvalue weighted by atomic mass is 10.1. The first-order chi connectivity index (χ1) is 9.48. The molecule has 1 atom stereocenters. The lowest BCUT2D eigenvalue weighted by Gasteiger charge is -2.35. The predicted molar refractivity (Wildman–Crippen MR) is 75.7 cm³/mol. The van der Waals surface area contributed by atoms with Gasteiger partial charge in [0.1, 0.15) is 6.04 Å². The van der Waals surface area contributed by atoms with Crippen LogP contribution in [0.4, 0.5) is 24.5 Å². The van der Waals surface area contributed by atoms with E-state index in [9.17, 15) is 18.0 Å². The molecular weight excluding hydrogens is 307 g/mol. The maximum atomic E-state index is 12.7. The Balaban J connectivity index is 0.00000161. The van der Waals surface area contributed by atoms with Crippen LogP contribution in [-0.4, -0.2) is 30.4 Å². The van der Waals surface area contributed by atoms with Crippen molar-refractivity contribution in [1.82, 2.24) is 0 Å². The second-order valence-corrected chi connectivity index (χ2v) is 4.28. The molecule has 0 aliphatic carbocycles. The fourth-order valence-corrected chi connectivity index (χ4v) is 2.14. The fraction of sp³-hybridized carbons (Fsp3) is 0.154. The van der Waals surface area contributed by atoms with E-state index in [4.69, 9.17) is 0 Å². The number of anilines is 1. The van der Waals surface area contributed by atoms with E-state index in [0.29, 0.717) is 17.1 Å². The van der Waals surface area contributed by atoms with Crippen molar-refractivity contribution in [3.8, 4) is 0 Å². The second kappa shape index (κ2) is 5.33. The molecule has 2 aliphatic rings. The maximum Gasteiger partial charge on any atom is 0.452 e. The zero-order valence-electron chi connectivity index (χ0n) is 10.4. The van der Waals surface area contributed by atoms with Crippen LogP contribution in [0.25, 0.3) is 0 Å². The monoisotopic (exact) mass is 315 g/mol. The van der Waals surface area contributed by atoms with Gasteiger partial charge in [0, 0.05) is 6.21 Å². The molecule has 0 saturated carbocycles. The highest BCUT2D eigenvalue weighted by molar-refractivity contribution is 6.10. The van der Waals surface area contributed by atoms with E-state index in [1.165, 1.54) is 17.3 Å². The summed E-state index contributed by atoms with van der Waals surface area (Å²) in [5.74, 6) is -1.85. The summed E-state index contributed by atoms with van der Waals surface area (Å²) >= 11 is 0. The molecule has 0 aromatic heterocycles. The van der Waals surface area contributed by atoms with E-state index >= 15 is 0 Å². The number of carbonyl (C=O) groups is 1. The van der Waals surface area contributed by atoms with Crippen LogP contribution in [0.15, 0.2) is 46.1 Å². The summed E-state index contributed by atoms with van der Waals surface area (Å²) < 4.78 is 38.0. The highest BCUT2D eigenvalue weighted by Crippen LogP contribution is 2.37. The number of hydrogen-bond donors (Lipinski definition) is 0. The van der Waals surface area contributed by atoms with Crippen LogP contribution >= 0.6 is 12.4 Å². The van der Waals surface area contributed by atoms with E-state index in [1.807, 2.05) is 0 Å². The molecule has 0 radical (unpaired) electrons. The van der Waals surface area contributed by atoms with Crippen LogP contribution in [-0.2, 0) is 4.79 Å². The zero-order chi connectivity index (χ0) is 14.3. The van der Waals surface area contributed by atoms with Gasteiger partial charge in [0.2, 0.25) is 0 Å². The minimum Gasteiger partial charge on any atom is -0.321 e. The number of ketones is 1. The first-order valence-corrected chi connectivity index (χ1v) is 5.75. The van der Waals surface area contributed by atoms with Crippen molar-refractivity contribution in [2.45, 2.75) is 12.2 Å². The topological polar surface area (TPSA) is 45.0 Å². The Morgan fingerprint density at radius 2 is 1.95 bits per heavy atom. The van der Waals surface area contributed by atoms with Gasteiger partial charge in [-0.2, -0.15) is 13.2 Å². The van der Waals surface area contributed by atoms with Crippen molar-refractivity contribution >= 4 is 42.0 Å². The van der Waals surface area contributed by atoms with Gasteiger partial charge in [-0.3, -0.25) is 14.8 Å². The van der Waals surface area contributed by atoms with Gasteiger partial charge in [0.05, 0.1) is 29.5 Å². The predicted octanol–water partition coefficient (Wildman–Crippen LogP) is 3.06. The molecule has 0 spiro atoms. The normalized spacial score (nSPS) is 19.3. The van der Waals surface area contributed by atoms with Crippen molar-refractivity contribution in [1.29, 1.82) is 0 Å². The van der Waals surface area contributed by atoms with Gasteiger partial charge >= 0.3 is 6.18 Å². The van der Waals surface area contributed by atoms with E-state index in [0.717, 1.165) is 6.21 Å². The zero-order valence-corrected chi connectivity index (χ0v) is 11.2. The van der Waals surface area contributed by atoms with Gasteiger partial charge in [-0.05, 0) is 12.1 Å². The number of halogens is 4. The summed E-state index contributed by atoms with van der Waals surface area (Å²) in [6.45, 7) is 0. The molecule has 110 valence electrons. The van der Waals surface area contributed by atoms with Crippen LogP contribution in [0, 0.1) is 0 Å². The number of Topliss-reactive ketones (excluding diaryl/α,β-unsaturated/α-hetero) is 1. The van der Waals surface area contributed by atoms with Gasteiger partial charge in [-0.25, -0.2) is 0 Å². The Hall–Kier alpha value is -2.15. The number of aliphatic imine (C=N–C) groups is 2. The number of allylic oxidation sites excluding steroid dienone is 1. The average molecular weight is 316 g/mol. The Kier molecular flexibility index (Phi) is 3.87. The van der Waals surface area contributed by atoms with Crippen LogP contribution in [0.5, 0.6) is 0 Å². The Bertz CT molecular complexity index is 667. The van der Waals surface area contributed by atoms with E-state index < -0.39 is 18.0 Å². The molecule has 0 bridgehead atoms. The molecule has 0 amide bonds. The number of para-hydroxylation sites is 2. The van der Waals surface area contributed by atoms with Crippen LogP contribution in [0.3, 0.4) is 0 Å². The molecule has 8 heteroatoms. The van der Waals surface area contributed by atoms with Crippen molar-refractivity contribution in [3.63, 3.8) is 0 Å². The molecule has 21 heavy (non-hydrogen) atoms. The standard InChI is InChI=1S/C13H8F3N3O.ClH/c14-13(15,16)12(20)11-7-17-5-8-6-18-9-3-1-2-4-10(9)19(8)11;/h1-7,11H;1H. The van der Waals surface area contributed by atoms with Gasteiger partial charge in [0.15, 0.2) is 0 Å². The summed E-state index contributed by atoms with van der Waals surface area (Å²) in [4.78, 5) is 20.7. The average Bonchev–Trinajstić information content (AvgIpc) is 2.44. The SMILES string of the molecule is Cl.O=C(C1C=NC=C2C=Nc3ccccc3N21)C(F)(F)F. The Morgan fingerprint density at radius 3 is 2.67 bits per heavy atom. The third-order valence-corrected chi connectivity index (χ3v) is 3.02. The van der Waals surface area contributed by atoms with E-state index in [2.05, 4.69) is 9.98 Å². The van der Waals surface area contributed by atoms with Crippen LogP contribution in [0.1, 0.15) is 0 Å². The first kappa shape index (κ1) is 15.2. The van der Waals surface area contributed by atoms with E-state index in [-0.39, 0.29) is 12.4 Å². The highest BCUT2D eigenvalue weighted by Gasteiger charge is 2.47. The number of alkyl halides is 3. The molecule has 1 aromatic carbocycles. The summed E-state index contributed by atoms with van der Waals surface area (Å²) in [5, 5.41) is 0. The summed E-state index contributed by atoms with van der Waals surface area (Å²) in [7, 11) is 0. The van der Waals surface area contributed by atoms with Crippen LogP contribution < -0.4 is 4.90 Å². The van der Waals surface area contributed by atoms with Crippen molar-refractivity contribution in [3.05, 3.63) is 36.2 Å². The minimum absolute atomic E-state index is 0. The molecular formula is C13H9ClF3N3O. The molecule has 0 saturated heterocycles. The number of hydrogen-bond acceptors (Lipinski definition) is 4. The molecule has 3 rings (SSSR count). The van der Waals surface area contributed by atoms with Crippen molar-refractivity contribution in [2.24, 2.45) is 9.98 Å². The largest absolute Gasteiger partial charge is 0.452 e. The second-order valence-electron chi connectivity index (χ2n) is 4.28. The summed E-state index contributed by atoms with van der Waals surface area (Å²) in [5.41, 5.74) is 1.32. The minimum atomic E-state index is -4.91. The molecule has 0 N–H and O–H groups in total. The van der Waals surface area contributed by atoms with Crippen molar-refractivity contribution < 1.29 is 18.0 Å². The number of nitrogens with zero attached hydrogens (tertiary/aromatic N) is 3. The lowest BCUT2D eigenvalue weighted by molar-refractivity contribution is -0.170. The van der Waals surface area contributed by atoms with Gasteiger partial charge < -0.3 is 4.90 Å². The van der Waals surface area contributed by atoms with Crippen molar-refractivity contribution in [2.75, 3.05) is 4.90 Å². The Morgan fingerprint density at radius 1 is 1.24 bits per heavy atom. The maximum absolute atomic E-state index is 12.7. The molecule has 2 aliphatic heterocycles. The number of fused-ring (bicyclic) bond motifs is 3. The Labute approximate surface area is 124 Å². The molecule has 1 unspecified atom stereocenters. The fourth-order valence-electron chi connectivity index (χ4n) is 2.14. The first-order valence-electron chi connectivity index (χ1n) is 5.75. The van der Waals surface area contributed by atoms with Gasteiger partial charge in [0.25, 0.3) is 5.78 Å². The highest BCUT2D eigenvalue weighted by atomic mass is 35.5. The quantitative estimate of drug-likeness (QED) is 0.799. The lowest BCUT2D eigenvalue weighted by Crippen LogP contribution is -2.49. The van der Waals surface area contributed by atoms with Crippen LogP contribution in [0.2, 0.25) is 0 Å². The van der Waals surface area contributed by atoms with Gasteiger partial charge in [-0.1, -0.05) is 12.1 Å². The van der Waals surface area contributed by atoms with E-state index in [1.54, 1.807) is 24.3 Å². The third-order valence-electron chi connectivity index (χ3n) is 3.02. The number of benzene rings is 1. The smallest absolute Gasteiger partial charge is 0.321 e. The molecule has 0 fully saturated rings. The summed E-state index contributed by atoms with van der Waals surface area (Å²) in [6.07, 6.45) is -1.15. The number of carbonyl (C=O) groups excluding carboxylic acids is 1. The van der Waals surface area contributed by atoms with Gasteiger partial charge in [-0.15, -0.1) is 12.4 Å². The molecule has 2 heterocycles. The molecule has 4 nitrogen and oxygen atoms in total. The summed E-state index contributed by atoms with van der Waals surface area (Å²) in [6, 6.07) is 5.20. The molecule has 1 aromatic rings. The number of rotatable bonds is 1.